The van der Waals surface area contributed by atoms with E-state index < -0.39 is 0 Å². The fourth-order valence-corrected chi connectivity index (χ4v) is 6.03. The van der Waals surface area contributed by atoms with Gasteiger partial charge in [-0.2, -0.15) is 5.10 Å². The van der Waals surface area contributed by atoms with Crippen LogP contribution in [0.25, 0.3) is 21.8 Å². The highest BCUT2D eigenvalue weighted by Gasteiger charge is 2.28. The number of nitrogens with zero attached hydrogens (tertiary/aromatic N) is 5. The molecule has 0 spiro atoms. The molecular weight excluding hydrogens is 450 g/mol. The van der Waals surface area contributed by atoms with E-state index in [1.807, 2.05) is 47.4 Å². The lowest BCUT2D eigenvalue weighted by Gasteiger charge is -2.40. The van der Waals surface area contributed by atoms with E-state index in [0.717, 1.165) is 47.8 Å². The molecule has 0 atom stereocenters. The van der Waals surface area contributed by atoms with Crippen molar-refractivity contribution in [3.05, 3.63) is 76.7 Å². The molecule has 0 bridgehead atoms. The molecule has 2 aliphatic rings. The van der Waals surface area contributed by atoms with Gasteiger partial charge in [0.2, 0.25) is 5.91 Å². The fraction of sp³-hybridized carbons (Fsp3) is 0.414. The van der Waals surface area contributed by atoms with Crippen LogP contribution in [0.15, 0.2) is 65.6 Å². The molecule has 2 saturated heterocycles. The van der Waals surface area contributed by atoms with Crippen LogP contribution in [0.2, 0.25) is 0 Å². The maximum atomic E-state index is 13.7. The largest absolute Gasteiger partial charge is 0.341 e. The first kappa shape index (κ1) is 23.0. The first-order valence-corrected chi connectivity index (χ1v) is 13.2. The predicted octanol–water partition coefficient (Wildman–Crippen LogP) is 3.88. The quantitative estimate of drug-likeness (QED) is 0.432. The summed E-state index contributed by atoms with van der Waals surface area (Å²) in [5.74, 6) is -0.0215. The van der Waals surface area contributed by atoms with Crippen molar-refractivity contribution in [3.63, 3.8) is 0 Å². The van der Waals surface area contributed by atoms with Crippen LogP contribution >= 0.6 is 0 Å². The van der Waals surface area contributed by atoms with Crippen molar-refractivity contribution in [1.29, 1.82) is 0 Å². The second-order valence-electron chi connectivity index (χ2n) is 10.2. The Morgan fingerprint density at radius 3 is 2.36 bits per heavy atom. The van der Waals surface area contributed by atoms with E-state index in [-0.39, 0.29) is 18.0 Å². The molecule has 1 amide bonds. The van der Waals surface area contributed by atoms with Crippen molar-refractivity contribution in [2.75, 3.05) is 26.2 Å². The molecule has 2 aromatic heterocycles. The Hall–Kier alpha value is -3.45. The third kappa shape index (κ3) is 4.32. The number of amides is 1. The van der Waals surface area contributed by atoms with Crippen molar-refractivity contribution >= 4 is 27.7 Å². The summed E-state index contributed by atoms with van der Waals surface area (Å²) in [6.07, 6.45) is 7.69. The zero-order valence-electron chi connectivity index (χ0n) is 20.7. The number of carbonyl (C=O) groups is 1. The van der Waals surface area contributed by atoms with E-state index in [2.05, 4.69) is 26.7 Å². The summed E-state index contributed by atoms with van der Waals surface area (Å²) in [7, 11) is 0. The summed E-state index contributed by atoms with van der Waals surface area (Å²) in [6, 6.07) is 18.8. The average Bonchev–Trinajstić information content (AvgIpc) is 3.25. The monoisotopic (exact) mass is 483 g/mol. The molecule has 2 aliphatic heterocycles. The Balaban J connectivity index is 1.25. The summed E-state index contributed by atoms with van der Waals surface area (Å²) >= 11 is 0. The predicted molar refractivity (Wildman–Crippen MR) is 142 cm³/mol. The van der Waals surface area contributed by atoms with Gasteiger partial charge in [-0.1, -0.05) is 55.0 Å². The van der Waals surface area contributed by atoms with Crippen molar-refractivity contribution in [2.24, 2.45) is 0 Å². The lowest BCUT2D eigenvalue weighted by molar-refractivity contribution is -0.133. The third-order valence-electron chi connectivity index (χ3n) is 7.97. The van der Waals surface area contributed by atoms with Crippen molar-refractivity contribution in [2.45, 2.75) is 51.2 Å². The minimum atomic E-state index is -0.212. The maximum Gasteiger partial charge on any atom is 0.291 e. The SMILES string of the molecule is O=C(Cn1ncc2c3ccccc3n(Cc3ccccc3)c2c1=O)N1CCC(N2CCCCC2)CC1. The number of hydrogen-bond acceptors (Lipinski definition) is 4. The Kier molecular flexibility index (Phi) is 6.32. The molecule has 4 heterocycles. The van der Waals surface area contributed by atoms with Crippen LogP contribution in [-0.2, 0) is 17.9 Å². The van der Waals surface area contributed by atoms with Gasteiger partial charge in [0.1, 0.15) is 12.1 Å². The number of aromatic nitrogens is 3. The molecule has 6 rings (SSSR count). The normalized spacial score (nSPS) is 17.7. The van der Waals surface area contributed by atoms with Crippen LogP contribution in [0.3, 0.4) is 0 Å². The molecule has 4 aromatic rings. The van der Waals surface area contributed by atoms with Gasteiger partial charge in [-0.25, -0.2) is 4.68 Å². The number of fused-ring (bicyclic) bond motifs is 3. The number of piperidine rings is 2. The molecule has 36 heavy (non-hydrogen) atoms. The smallest absolute Gasteiger partial charge is 0.291 e. The van der Waals surface area contributed by atoms with Gasteiger partial charge in [-0.3, -0.25) is 9.59 Å². The van der Waals surface area contributed by atoms with Gasteiger partial charge in [-0.15, -0.1) is 0 Å². The standard InChI is InChI=1S/C29H33N5O2/c35-27(32-17-13-23(14-18-32)31-15-7-2-8-16-31)21-34-29(36)28-25(19-30-34)24-11-5-6-12-26(24)33(28)20-22-9-3-1-4-10-22/h1,3-6,9-12,19,23H,2,7-8,13-18,20-21H2. The van der Waals surface area contributed by atoms with E-state index in [4.69, 9.17) is 0 Å². The lowest BCUT2D eigenvalue weighted by Crippen LogP contribution is -2.49. The topological polar surface area (TPSA) is 63.4 Å². The number of rotatable bonds is 5. The number of para-hydroxylation sites is 1. The number of likely N-dealkylation sites (tertiary alicyclic amines) is 2. The zero-order chi connectivity index (χ0) is 24.5. The van der Waals surface area contributed by atoms with E-state index in [9.17, 15) is 9.59 Å². The highest BCUT2D eigenvalue weighted by Crippen LogP contribution is 2.27. The van der Waals surface area contributed by atoms with Gasteiger partial charge in [0.25, 0.3) is 5.56 Å². The van der Waals surface area contributed by atoms with Crippen LogP contribution < -0.4 is 5.56 Å². The minimum Gasteiger partial charge on any atom is -0.341 e. The molecular formula is C29H33N5O2. The summed E-state index contributed by atoms with van der Waals surface area (Å²) in [5, 5.41) is 6.27. The summed E-state index contributed by atoms with van der Waals surface area (Å²) in [5.41, 5.74) is 2.51. The van der Waals surface area contributed by atoms with Crippen LogP contribution in [0.1, 0.15) is 37.7 Å². The van der Waals surface area contributed by atoms with E-state index in [0.29, 0.717) is 18.1 Å². The van der Waals surface area contributed by atoms with Crippen LogP contribution in [0.5, 0.6) is 0 Å². The second-order valence-corrected chi connectivity index (χ2v) is 10.2. The Morgan fingerprint density at radius 1 is 0.861 bits per heavy atom. The number of carbonyl (C=O) groups excluding carboxylic acids is 1. The summed E-state index contributed by atoms with van der Waals surface area (Å²) in [4.78, 5) is 31.4. The van der Waals surface area contributed by atoms with Crippen molar-refractivity contribution in [3.8, 4) is 0 Å². The first-order chi connectivity index (χ1) is 17.7. The molecule has 2 fully saturated rings. The third-order valence-corrected chi connectivity index (χ3v) is 7.97. The van der Waals surface area contributed by atoms with Crippen LogP contribution in [0, 0.1) is 0 Å². The molecule has 0 unspecified atom stereocenters. The lowest BCUT2D eigenvalue weighted by atomic mass is 10.00. The average molecular weight is 484 g/mol. The molecule has 7 nitrogen and oxygen atoms in total. The molecule has 2 aromatic carbocycles. The van der Waals surface area contributed by atoms with Crippen LogP contribution in [0.4, 0.5) is 0 Å². The van der Waals surface area contributed by atoms with Crippen molar-refractivity contribution < 1.29 is 4.79 Å². The van der Waals surface area contributed by atoms with Crippen LogP contribution in [-0.4, -0.2) is 62.3 Å². The van der Waals surface area contributed by atoms with Gasteiger partial charge in [-0.05, 0) is 50.4 Å². The van der Waals surface area contributed by atoms with Gasteiger partial charge in [0.15, 0.2) is 0 Å². The zero-order valence-corrected chi connectivity index (χ0v) is 20.7. The van der Waals surface area contributed by atoms with E-state index in [1.54, 1.807) is 6.20 Å². The van der Waals surface area contributed by atoms with Gasteiger partial charge >= 0.3 is 0 Å². The maximum absolute atomic E-state index is 13.7. The fourth-order valence-electron chi connectivity index (χ4n) is 6.03. The van der Waals surface area contributed by atoms with Gasteiger partial charge < -0.3 is 14.4 Å². The van der Waals surface area contributed by atoms with Gasteiger partial charge in [0, 0.05) is 42.0 Å². The molecule has 0 saturated carbocycles. The summed E-state index contributed by atoms with van der Waals surface area (Å²) < 4.78 is 3.41. The molecule has 0 aliphatic carbocycles. The Labute approximate surface area is 210 Å². The number of benzene rings is 2. The molecule has 186 valence electrons. The highest BCUT2D eigenvalue weighted by atomic mass is 16.2. The second kappa shape index (κ2) is 9.90. The van der Waals surface area contributed by atoms with E-state index in [1.165, 1.54) is 37.0 Å². The first-order valence-electron chi connectivity index (χ1n) is 13.2. The molecule has 0 radical (unpaired) electrons. The minimum absolute atomic E-state index is 0.0178. The Bertz CT molecular complexity index is 1430. The molecule has 7 heteroatoms. The number of hydrogen-bond donors (Lipinski definition) is 0. The van der Waals surface area contributed by atoms with Gasteiger partial charge in [0.05, 0.1) is 6.20 Å². The molecule has 0 N–H and O–H groups in total. The highest BCUT2D eigenvalue weighted by molar-refractivity contribution is 6.07. The van der Waals surface area contributed by atoms with Crippen molar-refractivity contribution in [1.82, 2.24) is 24.1 Å². The summed E-state index contributed by atoms with van der Waals surface area (Å²) in [6.45, 7) is 4.46. The van der Waals surface area contributed by atoms with E-state index >= 15 is 0 Å². The Morgan fingerprint density at radius 2 is 1.58 bits per heavy atom.